The molecule has 6 heteroatoms. The lowest BCUT2D eigenvalue weighted by molar-refractivity contribution is 0.619. The van der Waals surface area contributed by atoms with Crippen molar-refractivity contribution in [2.24, 2.45) is 0 Å². The maximum Gasteiger partial charge on any atom is 0.151 e. The Morgan fingerprint density at radius 1 is 1.11 bits per heavy atom. The third-order valence-electron chi connectivity index (χ3n) is 2.60. The first kappa shape index (κ1) is 13.9. The second-order valence-corrected chi connectivity index (χ2v) is 4.80. The Morgan fingerprint density at radius 3 is 2.42 bits per heavy atom. The summed E-state index contributed by atoms with van der Waals surface area (Å²) in [5.74, 6) is 0.628. The van der Waals surface area contributed by atoms with Crippen molar-refractivity contribution in [1.29, 1.82) is 0 Å². The fraction of sp³-hybridized carbons (Fsp3) is 0.154. The molecule has 0 fully saturated rings. The van der Waals surface area contributed by atoms with E-state index < -0.39 is 0 Å². The van der Waals surface area contributed by atoms with Gasteiger partial charge in [0.15, 0.2) is 5.82 Å². The van der Waals surface area contributed by atoms with Crippen LogP contribution in [0.3, 0.4) is 0 Å². The Kier molecular flexibility index (Phi) is 4.12. The van der Waals surface area contributed by atoms with Crippen molar-refractivity contribution in [1.82, 2.24) is 4.98 Å². The summed E-state index contributed by atoms with van der Waals surface area (Å²) in [4.78, 5) is 4.23. The standard InChI is InChI=1S/C13H12Cl2FN3/c1-7-3-4-8(5-11(7)16)18-13-10(15)6-9(14)12(17-2)19-13/h3-6H,1-2H3,(H2,17,18,19). The summed E-state index contributed by atoms with van der Waals surface area (Å²) in [6, 6.07) is 6.40. The van der Waals surface area contributed by atoms with Crippen molar-refractivity contribution in [3.8, 4) is 0 Å². The van der Waals surface area contributed by atoms with Gasteiger partial charge >= 0.3 is 0 Å². The van der Waals surface area contributed by atoms with Crippen LogP contribution in [0.25, 0.3) is 0 Å². The Hall–Kier alpha value is -1.52. The second kappa shape index (κ2) is 5.63. The molecule has 1 aromatic heterocycles. The van der Waals surface area contributed by atoms with Gasteiger partial charge in [-0.15, -0.1) is 0 Å². The first-order valence-electron chi connectivity index (χ1n) is 5.58. The lowest BCUT2D eigenvalue weighted by Gasteiger charge is -2.11. The van der Waals surface area contributed by atoms with Gasteiger partial charge in [-0.25, -0.2) is 9.37 Å². The summed E-state index contributed by atoms with van der Waals surface area (Å²) >= 11 is 12.0. The van der Waals surface area contributed by atoms with Gasteiger partial charge in [0.25, 0.3) is 0 Å². The smallest absolute Gasteiger partial charge is 0.151 e. The lowest BCUT2D eigenvalue weighted by atomic mass is 10.2. The zero-order chi connectivity index (χ0) is 14.0. The predicted octanol–water partition coefficient (Wildman–Crippen LogP) is 4.62. The maximum atomic E-state index is 13.5. The Morgan fingerprint density at radius 2 is 1.79 bits per heavy atom. The summed E-state index contributed by atoms with van der Waals surface area (Å²) < 4.78 is 13.5. The van der Waals surface area contributed by atoms with Crippen LogP contribution in [0.2, 0.25) is 10.0 Å². The molecule has 0 radical (unpaired) electrons. The zero-order valence-corrected chi connectivity index (χ0v) is 11.9. The topological polar surface area (TPSA) is 37.0 Å². The van der Waals surface area contributed by atoms with Gasteiger partial charge in [0, 0.05) is 12.7 Å². The Bertz CT molecular complexity index is 617. The molecule has 2 N–H and O–H groups in total. The molecular formula is C13H12Cl2FN3. The molecule has 100 valence electrons. The van der Waals surface area contributed by atoms with E-state index in [0.29, 0.717) is 32.9 Å². The zero-order valence-electron chi connectivity index (χ0n) is 10.4. The molecule has 0 aliphatic carbocycles. The highest BCUT2D eigenvalue weighted by atomic mass is 35.5. The van der Waals surface area contributed by atoms with Gasteiger partial charge in [-0.05, 0) is 30.7 Å². The molecule has 0 spiro atoms. The fourth-order valence-corrected chi connectivity index (χ4v) is 2.04. The van der Waals surface area contributed by atoms with Crippen molar-refractivity contribution in [3.05, 3.63) is 45.7 Å². The van der Waals surface area contributed by atoms with Crippen molar-refractivity contribution < 1.29 is 4.39 Å². The van der Waals surface area contributed by atoms with Crippen molar-refractivity contribution in [3.63, 3.8) is 0 Å². The highest BCUT2D eigenvalue weighted by molar-refractivity contribution is 6.37. The van der Waals surface area contributed by atoms with E-state index in [-0.39, 0.29) is 5.82 Å². The third kappa shape index (κ3) is 3.08. The number of nitrogens with zero attached hydrogens (tertiary/aromatic N) is 1. The van der Waals surface area contributed by atoms with E-state index in [1.807, 2.05) is 0 Å². The molecule has 0 amide bonds. The number of rotatable bonds is 3. The second-order valence-electron chi connectivity index (χ2n) is 3.99. The van der Waals surface area contributed by atoms with E-state index in [4.69, 9.17) is 23.2 Å². The van der Waals surface area contributed by atoms with Gasteiger partial charge in [-0.1, -0.05) is 29.3 Å². The summed E-state index contributed by atoms with van der Waals surface area (Å²) in [5.41, 5.74) is 1.15. The largest absolute Gasteiger partial charge is 0.372 e. The molecule has 3 nitrogen and oxygen atoms in total. The molecule has 0 aliphatic rings. The molecule has 1 heterocycles. The molecule has 0 aliphatic heterocycles. The highest BCUT2D eigenvalue weighted by Crippen LogP contribution is 2.31. The van der Waals surface area contributed by atoms with Crippen LogP contribution in [-0.4, -0.2) is 12.0 Å². The number of pyridine rings is 1. The number of aromatic nitrogens is 1. The van der Waals surface area contributed by atoms with Crippen LogP contribution in [-0.2, 0) is 0 Å². The molecule has 0 saturated carbocycles. The maximum absolute atomic E-state index is 13.5. The third-order valence-corrected chi connectivity index (χ3v) is 3.18. The number of aryl methyl sites for hydroxylation is 1. The highest BCUT2D eigenvalue weighted by Gasteiger charge is 2.09. The van der Waals surface area contributed by atoms with E-state index >= 15 is 0 Å². The normalized spacial score (nSPS) is 10.4. The first-order valence-corrected chi connectivity index (χ1v) is 6.34. The first-order chi connectivity index (χ1) is 9.01. The molecular weight excluding hydrogens is 288 g/mol. The number of hydrogen-bond donors (Lipinski definition) is 2. The van der Waals surface area contributed by atoms with Crippen molar-refractivity contribution in [2.45, 2.75) is 6.92 Å². The van der Waals surface area contributed by atoms with Crippen LogP contribution in [0.5, 0.6) is 0 Å². The van der Waals surface area contributed by atoms with E-state index in [1.165, 1.54) is 6.07 Å². The summed E-state index contributed by atoms with van der Waals surface area (Å²) in [7, 11) is 1.71. The molecule has 1 aromatic carbocycles. The minimum Gasteiger partial charge on any atom is -0.372 e. The van der Waals surface area contributed by atoms with Gasteiger partial charge < -0.3 is 10.6 Å². The van der Waals surface area contributed by atoms with E-state index in [0.717, 1.165) is 0 Å². The van der Waals surface area contributed by atoms with Crippen molar-refractivity contribution in [2.75, 3.05) is 17.7 Å². The van der Waals surface area contributed by atoms with Crippen LogP contribution in [0.1, 0.15) is 5.56 Å². The Balaban J connectivity index is 2.34. The van der Waals surface area contributed by atoms with Gasteiger partial charge in [0.1, 0.15) is 11.6 Å². The number of nitrogens with one attached hydrogen (secondary N) is 2. The predicted molar refractivity (Wildman–Crippen MR) is 78.2 cm³/mol. The summed E-state index contributed by atoms with van der Waals surface area (Å²) in [5, 5.41) is 6.60. The molecule has 0 atom stereocenters. The molecule has 0 saturated heterocycles. The van der Waals surface area contributed by atoms with Crippen molar-refractivity contribution >= 4 is 40.5 Å². The molecule has 19 heavy (non-hydrogen) atoms. The fourth-order valence-electron chi connectivity index (χ4n) is 1.54. The van der Waals surface area contributed by atoms with Crippen LogP contribution >= 0.6 is 23.2 Å². The number of benzene rings is 1. The van der Waals surface area contributed by atoms with Crippen LogP contribution in [0.4, 0.5) is 21.7 Å². The summed E-state index contributed by atoms with van der Waals surface area (Å²) in [6.07, 6.45) is 0. The van der Waals surface area contributed by atoms with Crippen LogP contribution in [0, 0.1) is 12.7 Å². The van der Waals surface area contributed by atoms with Gasteiger partial charge in [-0.2, -0.15) is 0 Å². The average molecular weight is 300 g/mol. The minimum atomic E-state index is -0.288. The monoisotopic (exact) mass is 299 g/mol. The van der Waals surface area contributed by atoms with Crippen LogP contribution in [0.15, 0.2) is 24.3 Å². The summed E-state index contributed by atoms with van der Waals surface area (Å²) in [6.45, 7) is 1.70. The molecule has 0 bridgehead atoms. The number of halogens is 3. The van der Waals surface area contributed by atoms with Crippen LogP contribution < -0.4 is 10.6 Å². The van der Waals surface area contributed by atoms with E-state index in [9.17, 15) is 4.39 Å². The quantitative estimate of drug-likeness (QED) is 0.868. The lowest BCUT2D eigenvalue weighted by Crippen LogP contribution is -2.00. The Labute approximate surface area is 120 Å². The molecule has 0 unspecified atom stereocenters. The van der Waals surface area contributed by atoms with E-state index in [2.05, 4.69) is 15.6 Å². The molecule has 2 rings (SSSR count). The van der Waals surface area contributed by atoms with Gasteiger partial charge in [0.05, 0.1) is 10.0 Å². The van der Waals surface area contributed by atoms with Gasteiger partial charge in [0.2, 0.25) is 0 Å². The average Bonchev–Trinajstić information content (AvgIpc) is 2.37. The van der Waals surface area contributed by atoms with Gasteiger partial charge in [-0.3, -0.25) is 0 Å². The molecule has 2 aromatic rings. The minimum absolute atomic E-state index is 0.288. The number of anilines is 3. The SMILES string of the molecule is CNc1nc(Nc2ccc(C)c(F)c2)c(Cl)cc1Cl. The van der Waals surface area contributed by atoms with E-state index in [1.54, 1.807) is 32.2 Å². The number of hydrogen-bond acceptors (Lipinski definition) is 3.